The standard InChI is InChI=1S/C9H17NO2S/c1-4-7-10-8(13-6-3)9(11)12-5-2/h4-7H2,1-3H3. The van der Waals surface area contributed by atoms with Gasteiger partial charge in [0.05, 0.1) is 6.61 Å². The largest absolute Gasteiger partial charge is 0.461 e. The van der Waals surface area contributed by atoms with Crippen molar-refractivity contribution in [1.82, 2.24) is 0 Å². The first-order valence-electron chi connectivity index (χ1n) is 4.60. The smallest absolute Gasteiger partial charge is 0.363 e. The highest BCUT2D eigenvalue weighted by Gasteiger charge is 2.11. The minimum Gasteiger partial charge on any atom is -0.461 e. The summed E-state index contributed by atoms with van der Waals surface area (Å²) >= 11 is 1.44. The zero-order valence-corrected chi connectivity index (χ0v) is 9.32. The number of carbonyl (C=O) groups is 1. The summed E-state index contributed by atoms with van der Waals surface area (Å²) in [6.07, 6.45) is 0.952. The molecule has 3 nitrogen and oxygen atoms in total. The zero-order chi connectivity index (χ0) is 10.1. The Morgan fingerprint density at radius 2 is 2.08 bits per heavy atom. The number of ether oxygens (including phenoxy) is 1. The van der Waals surface area contributed by atoms with Gasteiger partial charge >= 0.3 is 5.97 Å². The van der Waals surface area contributed by atoms with Crippen LogP contribution in [0.4, 0.5) is 0 Å². The lowest BCUT2D eigenvalue weighted by atomic mass is 10.5. The van der Waals surface area contributed by atoms with Crippen molar-refractivity contribution >= 4 is 22.8 Å². The van der Waals surface area contributed by atoms with Gasteiger partial charge in [0.25, 0.3) is 0 Å². The molecule has 4 heteroatoms. The molecule has 0 fully saturated rings. The Kier molecular flexibility index (Phi) is 7.79. The Morgan fingerprint density at radius 3 is 2.54 bits per heavy atom. The summed E-state index contributed by atoms with van der Waals surface area (Å²) in [6.45, 7) is 6.93. The van der Waals surface area contributed by atoms with Gasteiger partial charge in [-0.1, -0.05) is 25.6 Å². The third-order valence-corrected chi connectivity index (χ3v) is 2.07. The quantitative estimate of drug-likeness (QED) is 0.399. The first kappa shape index (κ1) is 12.5. The number of hydrogen-bond acceptors (Lipinski definition) is 4. The Balaban J connectivity index is 4.13. The minimum atomic E-state index is -0.289. The summed E-state index contributed by atoms with van der Waals surface area (Å²) in [5.74, 6) is 0.559. The Hall–Kier alpha value is -0.510. The van der Waals surface area contributed by atoms with Gasteiger partial charge in [0.1, 0.15) is 0 Å². The third-order valence-electron chi connectivity index (χ3n) is 1.21. The van der Waals surface area contributed by atoms with Crippen LogP contribution in [0.15, 0.2) is 4.99 Å². The average molecular weight is 203 g/mol. The van der Waals surface area contributed by atoms with Crippen molar-refractivity contribution < 1.29 is 9.53 Å². The van der Waals surface area contributed by atoms with E-state index >= 15 is 0 Å². The molecule has 13 heavy (non-hydrogen) atoms. The summed E-state index contributed by atoms with van der Waals surface area (Å²) in [5.41, 5.74) is 0. The van der Waals surface area contributed by atoms with E-state index in [4.69, 9.17) is 4.74 Å². The van der Waals surface area contributed by atoms with Gasteiger partial charge in [0.2, 0.25) is 0 Å². The lowest BCUT2D eigenvalue weighted by molar-refractivity contribution is -0.134. The highest BCUT2D eigenvalue weighted by molar-refractivity contribution is 8.15. The van der Waals surface area contributed by atoms with Crippen molar-refractivity contribution in [1.29, 1.82) is 0 Å². The molecule has 0 bridgehead atoms. The maximum absolute atomic E-state index is 11.3. The van der Waals surface area contributed by atoms with E-state index < -0.39 is 0 Å². The fourth-order valence-electron chi connectivity index (χ4n) is 0.712. The van der Waals surface area contributed by atoms with Crippen LogP contribution in [0.1, 0.15) is 27.2 Å². The molecule has 0 saturated heterocycles. The molecule has 0 aromatic carbocycles. The number of carbonyl (C=O) groups excluding carboxylic acids is 1. The fraction of sp³-hybridized carbons (Fsp3) is 0.778. The summed E-state index contributed by atoms with van der Waals surface area (Å²) in [6, 6.07) is 0. The molecule has 0 aromatic heterocycles. The molecule has 0 radical (unpaired) electrons. The number of esters is 1. The monoisotopic (exact) mass is 203 g/mol. The van der Waals surface area contributed by atoms with Crippen LogP contribution in [0.25, 0.3) is 0 Å². The average Bonchev–Trinajstić information content (AvgIpc) is 2.12. The van der Waals surface area contributed by atoms with Crippen LogP contribution >= 0.6 is 11.8 Å². The lowest BCUT2D eigenvalue weighted by Gasteiger charge is -2.03. The molecule has 0 amide bonds. The first-order chi connectivity index (χ1) is 6.26. The molecule has 0 aliphatic heterocycles. The summed E-state index contributed by atoms with van der Waals surface area (Å²) in [7, 11) is 0. The Labute approximate surface area is 84.0 Å². The molecule has 0 N–H and O–H groups in total. The maximum atomic E-state index is 11.3. The predicted molar refractivity (Wildman–Crippen MR) is 57.4 cm³/mol. The van der Waals surface area contributed by atoms with E-state index in [0.717, 1.165) is 12.2 Å². The van der Waals surface area contributed by atoms with Crippen molar-refractivity contribution in [3.63, 3.8) is 0 Å². The van der Waals surface area contributed by atoms with Gasteiger partial charge in [-0.25, -0.2) is 4.79 Å². The SMILES string of the molecule is CCCN=C(SCC)C(=O)OCC. The molecule has 0 unspecified atom stereocenters. The second-order valence-electron chi connectivity index (χ2n) is 2.34. The number of rotatable bonds is 4. The van der Waals surface area contributed by atoms with Crippen molar-refractivity contribution in [3.8, 4) is 0 Å². The van der Waals surface area contributed by atoms with E-state index in [0.29, 0.717) is 18.2 Å². The number of hydrogen-bond donors (Lipinski definition) is 0. The minimum absolute atomic E-state index is 0.289. The molecular weight excluding hydrogens is 186 g/mol. The third kappa shape index (κ3) is 5.69. The van der Waals surface area contributed by atoms with Gasteiger partial charge < -0.3 is 4.74 Å². The predicted octanol–water partition coefficient (Wildman–Crippen LogP) is 2.11. The Bertz CT molecular complexity index is 180. The second kappa shape index (κ2) is 8.10. The van der Waals surface area contributed by atoms with Gasteiger partial charge in [-0.2, -0.15) is 0 Å². The van der Waals surface area contributed by atoms with Crippen LogP contribution in [0.2, 0.25) is 0 Å². The van der Waals surface area contributed by atoms with Gasteiger partial charge in [-0.3, -0.25) is 4.99 Å². The first-order valence-corrected chi connectivity index (χ1v) is 5.59. The van der Waals surface area contributed by atoms with Crippen LogP contribution in [0.5, 0.6) is 0 Å². The molecule has 0 saturated carbocycles. The zero-order valence-electron chi connectivity index (χ0n) is 8.50. The molecule has 0 spiro atoms. The second-order valence-corrected chi connectivity index (χ2v) is 3.59. The molecule has 0 rings (SSSR count). The van der Waals surface area contributed by atoms with Crippen LogP contribution in [0.3, 0.4) is 0 Å². The topological polar surface area (TPSA) is 38.7 Å². The number of nitrogens with zero attached hydrogens (tertiary/aromatic N) is 1. The fourth-order valence-corrected chi connectivity index (χ4v) is 1.34. The molecular formula is C9H17NO2S. The van der Waals surface area contributed by atoms with E-state index in [1.54, 1.807) is 6.92 Å². The van der Waals surface area contributed by atoms with E-state index in [1.807, 2.05) is 13.8 Å². The maximum Gasteiger partial charge on any atom is 0.363 e. The van der Waals surface area contributed by atoms with Gasteiger partial charge in [0.15, 0.2) is 5.04 Å². The van der Waals surface area contributed by atoms with Crippen molar-refractivity contribution in [2.45, 2.75) is 27.2 Å². The van der Waals surface area contributed by atoms with Crippen molar-refractivity contribution in [2.24, 2.45) is 4.99 Å². The normalized spacial score (nSPS) is 11.5. The molecule has 76 valence electrons. The highest BCUT2D eigenvalue weighted by atomic mass is 32.2. The van der Waals surface area contributed by atoms with Crippen molar-refractivity contribution in [2.75, 3.05) is 18.9 Å². The number of aliphatic imine (C=N–C) groups is 1. The molecule has 0 aliphatic carbocycles. The lowest BCUT2D eigenvalue weighted by Crippen LogP contribution is -2.15. The van der Waals surface area contributed by atoms with Crippen LogP contribution in [-0.4, -0.2) is 29.9 Å². The van der Waals surface area contributed by atoms with E-state index in [1.165, 1.54) is 11.8 Å². The van der Waals surface area contributed by atoms with E-state index in [2.05, 4.69) is 4.99 Å². The van der Waals surface area contributed by atoms with Crippen molar-refractivity contribution in [3.05, 3.63) is 0 Å². The molecule has 0 aliphatic rings. The van der Waals surface area contributed by atoms with E-state index in [9.17, 15) is 4.79 Å². The highest BCUT2D eigenvalue weighted by Crippen LogP contribution is 2.05. The van der Waals surface area contributed by atoms with Gasteiger partial charge in [0, 0.05) is 6.54 Å². The van der Waals surface area contributed by atoms with Crippen LogP contribution in [-0.2, 0) is 9.53 Å². The van der Waals surface area contributed by atoms with Gasteiger partial charge in [-0.15, -0.1) is 0 Å². The molecule has 0 aromatic rings. The Morgan fingerprint density at radius 1 is 1.38 bits per heavy atom. The molecule has 0 atom stereocenters. The summed E-state index contributed by atoms with van der Waals surface area (Å²) < 4.78 is 4.86. The van der Waals surface area contributed by atoms with Crippen LogP contribution < -0.4 is 0 Å². The summed E-state index contributed by atoms with van der Waals surface area (Å²) in [4.78, 5) is 15.4. The number of thioether (sulfide) groups is 1. The van der Waals surface area contributed by atoms with E-state index in [-0.39, 0.29) is 5.97 Å². The molecule has 0 heterocycles. The van der Waals surface area contributed by atoms with Gasteiger partial charge in [-0.05, 0) is 19.1 Å². The van der Waals surface area contributed by atoms with Crippen LogP contribution in [0, 0.1) is 0 Å². The summed E-state index contributed by atoms with van der Waals surface area (Å²) in [5, 5.41) is 0.506.